The van der Waals surface area contributed by atoms with E-state index < -0.39 is 0 Å². The molecule has 28 heavy (non-hydrogen) atoms. The van der Waals surface area contributed by atoms with Gasteiger partial charge in [-0.05, 0) is 49.1 Å². The van der Waals surface area contributed by atoms with Crippen LogP contribution in [-0.4, -0.2) is 55.0 Å². The Morgan fingerprint density at radius 2 is 1.75 bits per heavy atom. The first kappa shape index (κ1) is 20.6. The number of carbonyl (C=O) groups is 1. The van der Waals surface area contributed by atoms with Crippen LogP contribution in [0.1, 0.15) is 36.5 Å². The zero-order valence-corrected chi connectivity index (χ0v) is 17.2. The maximum Gasteiger partial charge on any atom is 0.336 e. The van der Waals surface area contributed by atoms with E-state index in [9.17, 15) is 9.59 Å². The monoisotopic (exact) mass is 385 g/mol. The van der Waals surface area contributed by atoms with Crippen LogP contribution in [0.3, 0.4) is 0 Å². The van der Waals surface area contributed by atoms with Crippen molar-refractivity contribution in [2.24, 2.45) is 0 Å². The van der Waals surface area contributed by atoms with E-state index in [1.54, 1.807) is 6.07 Å². The molecule has 1 aliphatic heterocycles. The van der Waals surface area contributed by atoms with Crippen molar-refractivity contribution >= 4 is 16.9 Å². The summed E-state index contributed by atoms with van der Waals surface area (Å²) in [5.74, 6) is 0.111. The van der Waals surface area contributed by atoms with Crippen molar-refractivity contribution in [2.75, 3.05) is 39.3 Å². The van der Waals surface area contributed by atoms with Crippen LogP contribution in [0.15, 0.2) is 27.4 Å². The molecule has 0 saturated carbocycles. The lowest BCUT2D eigenvalue weighted by molar-refractivity contribution is -0.122. The molecule has 1 fully saturated rings. The third-order valence-electron chi connectivity index (χ3n) is 5.52. The van der Waals surface area contributed by atoms with Crippen molar-refractivity contribution in [2.45, 2.75) is 40.2 Å². The second-order valence-corrected chi connectivity index (χ2v) is 7.78. The number of amides is 1. The minimum atomic E-state index is -0.298. The summed E-state index contributed by atoms with van der Waals surface area (Å²) in [6.07, 6.45) is 2.11. The highest BCUT2D eigenvalue weighted by molar-refractivity contribution is 5.81. The lowest BCUT2D eigenvalue weighted by Gasteiger charge is -2.34. The Morgan fingerprint density at radius 1 is 1.07 bits per heavy atom. The molecule has 1 aromatic heterocycles. The van der Waals surface area contributed by atoms with Crippen LogP contribution in [-0.2, 0) is 11.3 Å². The number of benzene rings is 1. The third kappa shape index (κ3) is 5.20. The van der Waals surface area contributed by atoms with Crippen LogP contribution in [0.2, 0.25) is 0 Å². The topological polar surface area (TPSA) is 65.8 Å². The van der Waals surface area contributed by atoms with Gasteiger partial charge in [-0.25, -0.2) is 4.79 Å². The van der Waals surface area contributed by atoms with E-state index in [1.807, 2.05) is 13.0 Å². The number of hydrogen-bond donors (Lipinski definition) is 1. The Morgan fingerprint density at radius 3 is 2.46 bits per heavy atom. The molecule has 0 unspecified atom stereocenters. The molecule has 1 N–H and O–H groups in total. The number of nitrogens with one attached hydrogen (secondary N) is 1. The van der Waals surface area contributed by atoms with E-state index in [1.165, 1.54) is 5.56 Å². The highest BCUT2D eigenvalue weighted by Gasteiger charge is 2.20. The zero-order chi connectivity index (χ0) is 20.1. The molecule has 6 nitrogen and oxygen atoms in total. The van der Waals surface area contributed by atoms with Crippen LogP contribution in [0.5, 0.6) is 0 Å². The SMILES string of the molecule is CCCCNC(=O)CN1CCN(Cc2cc(=O)oc3cc(C)c(C)cc23)CC1. The fourth-order valence-electron chi connectivity index (χ4n) is 3.62. The molecule has 0 radical (unpaired) electrons. The van der Waals surface area contributed by atoms with E-state index >= 15 is 0 Å². The minimum Gasteiger partial charge on any atom is -0.423 e. The molecule has 2 heterocycles. The number of rotatable bonds is 7. The fourth-order valence-corrected chi connectivity index (χ4v) is 3.62. The molecule has 3 rings (SSSR count). The van der Waals surface area contributed by atoms with Gasteiger partial charge >= 0.3 is 5.63 Å². The van der Waals surface area contributed by atoms with E-state index in [2.05, 4.69) is 35.0 Å². The first-order chi connectivity index (χ1) is 13.5. The fraction of sp³-hybridized carbons (Fsp3) is 0.545. The van der Waals surface area contributed by atoms with Crippen LogP contribution in [0.25, 0.3) is 11.0 Å². The normalized spacial score (nSPS) is 15.8. The molecule has 152 valence electrons. The molecule has 1 aliphatic rings. The molecule has 0 atom stereocenters. The Hall–Kier alpha value is -2.18. The summed E-state index contributed by atoms with van der Waals surface area (Å²) >= 11 is 0. The van der Waals surface area contributed by atoms with Gasteiger partial charge in [-0.1, -0.05) is 13.3 Å². The average molecular weight is 386 g/mol. The van der Waals surface area contributed by atoms with Gasteiger partial charge in [0.25, 0.3) is 0 Å². The number of aryl methyl sites for hydroxylation is 2. The first-order valence-corrected chi connectivity index (χ1v) is 10.2. The molecule has 1 aromatic carbocycles. The highest BCUT2D eigenvalue weighted by atomic mass is 16.4. The maximum absolute atomic E-state index is 12.0. The van der Waals surface area contributed by atoms with Gasteiger partial charge in [0.15, 0.2) is 0 Å². The Balaban J connectivity index is 1.60. The van der Waals surface area contributed by atoms with Gasteiger partial charge in [0.05, 0.1) is 6.54 Å². The summed E-state index contributed by atoms with van der Waals surface area (Å²) in [4.78, 5) is 28.5. The van der Waals surface area contributed by atoms with Gasteiger partial charge < -0.3 is 9.73 Å². The van der Waals surface area contributed by atoms with Crippen molar-refractivity contribution in [3.8, 4) is 0 Å². The van der Waals surface area contributed by atoms with Crippen LogP contribution < -0.4 is 10.9 Å². The standard InChI is InChI=1S/C22H31N3O3/c1-4-5-6-23-21(26)15-25-9-7-24(8-10-25)14-18-13-22(27)28-20-12-17(3)16(2)11-19(18)20/h11-13H,4-10,14-15H2,1-3H3,(H,23,26). The summed E-state index contributed by atoms with van der Waals surface area (Å²) in [6, 6.07) is 5.68. The Kier molecular flexibility index (Phi) is 6.86. The maximum atomic E-state index is 12.0. The molecule has 6 heteroatoms. The quantitative estimate of drug-likeness (QED) is 0.586. The molecular formula is C22H31N3O3. The minimum absolute atomic E-state index is 0.111. The van der Waals surface area contributed by atoms with Crippen LogP contribution in [0.4, 0.5) is 0 Å². The second kappa shape index (κ2) is 9.34. The number of nitrogens with zero attached hydrogens (tertiary/aromatic N) is 2. The number of fused-ring (bicyclic) bond motifs is 1. The van der Waals surface area contributed by atoms with Gasteiger partial charge in [0.1, 0.15) is 5.58 Å². The summed E-state index contributed by atoms with van der Waals surface area (Å²) in [7, 11) is 0. The van der Waals surface area contributed by atoms with E-state index in [4.69, 9.17) is 4.42 Å². The molecule has 0 spiro atoms. The predicted octanol–water partition coefficient (Wildman–Crippen LogP) is 2.44. The first-order valence-electron chi connectivity index (χ1n) is 10.2. The van der Waals surface area contributed by atoms with E-state index in [0.29, 0.717) is 12.1 Å². The van der Waals surface area contributed by atoms with Gasteiger partial charge in [-0.2, -0.15) is 0 Å². The Labute approximate surface area is 166 Å². The van der Waals surface area contributed by atoms with Crippen molar-refractivity contribution in [1.82, 2.24) is 15.1 Å². The molecule has 0 aliphatic carbocycles. The molecule has 2 aromatic rings. The number of hydrogen-bond acceptors (Lipinski definition) is 5. The predicted molar refractivity (Wildman–Crippen MR) is 112 cm³/mol. The van der Waals surface area contributed by atoms with Crippen molar-refractivity contribution in [3.05, 3.63) is 45.3 Å². The summed E-state index contributed by atoms with van der Waals surface area (Å²) in [5.41, 5.74) is 3.70. The van der Waals surface area contributed by atoms with Crippen molar-refractivity contribution in [3.63, 3.8) is 0 Å². The van der Waals surface area contributed by atoms with Crippen molar-refractivity contribution < 1.29 is 9.21 Å². The van der Waals surface area contributed by atoms with Gasteiger partial charge in [0, 0.05) is 50.7 Å². The summed E-state index contributed by atoms with van der Waals surface area (Å²) in [5, 5.41) is 3.99. The molecule has 1 amide bonds. The average Bonchev–Trinajstić information content (AvgIpc) is 2.65. The number of piperazine rings is 1. The molecule has 0 bridgehead atoms. The lowest BCUT2D eigenvalue weighted by atomic mass is 10.0. The Bertz CT molecular complexity index is 882. The molecular weight excluding hydrogens is 354 g/mol. The summed E-state index contributed by atoms with van der Waals surface area (Å²) in [6.45, 7) is 11.7. The summed E-state index contributed by atoms with van der Waals surface area (Å²) < 4.78 is 5.40. The largest absolute Gasteiger partial charge is 0.423 e. The number of unbranched alkanes of at least 4 members (excludes halogenated alkanes) is 1. The van der Waals surface area contributed by atoms with E-state index in [-0.39, 0.29) is 11.5 Å². The zero-order valence-electron chi connectivity index (χ0n) is 17.2. The highest BCUT2D eigenvalue weighted by Crippen LogP contribution is 2.23. The lowest BCUT2D eigenvalue weighted by Crippen LogP contribution is -2.49. The van der Waals surface area contributed by atoms with Crippen LogP contribution in [0, 0.1) is 13.8 Å². The smallest absolute Gasteiger partial charge is 0.336 e. The van der Waals surface area contributed by atoms with Crippen LogP contribution >= 0.6 is 0 Å². The van der Waals surface area contributed by atoms with E-state index in [0.717, 1.165) is 68.6 Å². The van der Waals surface area contributed by atoms with Gasteiger partial charge in [-0.3, -0.25) is 14.6 Å². The number of carbonyl (C=O) groups excluding carboxylic acids is 1. The second-order valence-electron chi connectivity index (χ2n) is 7.78. The third-order valence-corrected chi connectivity index (χ3v) is 5.52. The molecule has 1 saturated heterocycles. The van der Waals surface area contributed by atoms with Gasteiger partial charge in [-0.15, -0.1) is 0 Å². The van der Waals surface area contributed by atoms with Crippen molar-refractivity contribution in [1.29, 1.82) is 0 Å². The van der Waals surface area contributed by atoms with Gasteiger partial charge in [0.2, 0.25) is 5.91 Å².